The molecule has 110 valence electrons. The highest BCUT2D eigenvalue weighted by Gasteiger charge is 2.19. The zero-order valence-corrected chi connectivity index (χ0v) is 12.7. The van der Waals surface area contributed by atoms with Gasteiger partial charge >= 0.3 is 0 Å². The summed E-state index contributed by atoms with van der Waals surface area (Å²) in [5, 5.41) is 9.75. The molecule has 0 aromatic heterocycles. The van der Waals surface area contributed by atoms with Crippen LogP contribution in [0, 0.1) is 0 Å². The summed E-state index contributed by atoms with van der Waals surface area (Å²) in [6.45, 7) is 1.16. The minimum atomic E-state index is -0.292. The van der Waals surface area contributed by atoms with Crippen LogP contribution in [0.1, 0.15) is 16.8 Å². The molecule has 5 nitrogen and oxygen atoms in total. The summed E-state index contributed by atoms with van der Waals surface area (Å²) < 4.78 is 4.98. The molecule has 0 radical (unpaired) electrons. The zero-order chi connectivity index (χ0) is 15.1. The number of phenols is 1. The number of carbonyl (C=O) groups is 1. The van der Waals surface area contributed by atoms with E-state index in [-0.39, 0.29) is 22.2 Å². The molecule has 0 bridgehead atoms. The van der Waals surface area contributed by atoms with Crippen molar-refractivity contribution in [1.82, 2.24) is 4.90 Å². The van der Waals surface area contributed by atoms with Crippen LogP contribution in [0.15, 0.2) is 18.2 Å². The first-order valence-corrected chi connectivity index (χ1v) is 6.79. The molecule has 0 saturated heterocycles. The molecule has 1 aromatic carbocycles. The van der Waals surface area contributed by atoms with E-state index in [1.807, 2.05) is 0 Å². The predicted molar refractivity (Wildman–Crippen MR) is 82.3 cm³/mol. The van der Waals surface area contributed by atoms with Crippen molar-refractivity contribution in [1.29, 1.82) is 0 Å². The summed E-state index contributed by atoms with van der Waals surface area (Å²) in [6, 6.07) is 4.24. The molecular formula is C13H17ClN2O3S. The standard InChI is InChI=1S/C13H17ClN2O3S/c1-19-7-6-16(5-4-12(15)20)13(18)10-8-9(17)2-3-11(10)14/h2-3,8,17H,4-7H2,1H3,(H2,15,20). The summed E-state index contributed by atoms with van der Waals surface area (Å²) in [4.78, 5) is 14.3. The minimum Gasteiger partial charge on any atom is -0.508 e. The van der Waals surface area contributed by atoms with Gasteiger partial charge in [-0.15, -0.1) is 0 Å². The van der Waals surface area contributed by atoms with Gasteiger partial charge in [-0.05, 0) is 18.2 Å². The van der Waals surface area contributed by atoms with Crippen molar-refractivity contribution < 1.29 is 14.6 Å². The molecule has 0 aliphatic heterocycles. The zero-order valence-electron chi connectivity index (χ0n) is 11.1. The number of methoxy groups -OCH3 is 1. The molecule has 1 rings (SSSR count). The van der Waals surface area contributed by atoms with Crippen LogP contribution in [0.2, 0.25) is 5.02 Å². The van der Waals surface area contributed by atoms with Gasteiger partial charge < -0.3 is 20.5 Å². The van der Waals surface area contributed by atoms with E-state index < -0.39 is 0 Å². The summed E-state index contributed by atoms with van der Waals surface area (Å²) in [5.41, 5.74) is 5.70. The molecule has 7 heteroatoms. The SMILES string of the molecule is COCCN(CCC(N)=S)C(=O)c1cc(O)ccc1Cl. The first-order chi connectivity index (χ1) is 9.45. The van der Waals surface area contributed by atoms with Crippen molar-refractivity contribution in [3.05, 3.63) is 28.8 Å². The quantitative estimate of drug-likeness (QED) is 0.750. The van der Waals surface area contributed by atoms with Crippen LogP contribution in [-0.4, -0.2) is 47.7 Å². The van der Waals surface area contributed by atoms with Crippen LogP contribution < -0.4 is 5.73 Å². The maximum absolute atomic E-state index is 12.4. The maximum Gasteiger partial charge on any atom is 0.255 e. The summed E-state index contributed by atoms with van der Waals surface area (Å²) in [6.07, 6.45) is 0.418. The molecule has 0 atom stereocenters. The number of rotatable bonds is 7. The second kappa shape index (κ2) is 8.04. The van der Waals surface area contributed by atoms with Gasteiger partial charge in [0, 0.05) is 26.6 Å². The molecule has 3 N–H and O–H groups in total. The molecule has 20 heavy (non-hydrogen) atoms. The number of nitrogens with two attached hydrogens (primary N) is 1. The highest BCUT2D eigenvalue weighted by molar-refractivity contribution is 7.80. The number of phenolic OH excluding ortho intramolecular Hbond substituents is 1. The van der Waals surface area contributed by atoms with Crippen molar-refractivity contribution in [2.45, 2.75) is 6.42 Å². The molecule has 0 aliphatic carbocycles. The van der Waals surface area contributed by atoms with E-state index in [0.717, 1.165) is 0 Å². The molecular weight excluding hydrogens is 300 g/mol. The summed E-state index contributed by atoms with van der Waals surface area (Å²) >= 11 is 10.8. The third-order valence-electron chi connectivity index (χ3n) is 2.66. The Morgan fingerprint density at radius 2 is 2.20 bits per heavy atom. The number of nitrogens with zero attached hydrogens (tertiary/aromatic N) is 1. The fraction of sp³-hybridized carbons (Fsp3) is 0.385. The van der Waals surface area contributed by atoms with Crippen molar-refractivity contribution in [3.8, 4) is 5.75 Å². The predicted octanol–water partition coefficient (Wildman–Crippen LogP) is 1.81. The molecule has 0 spiro atoms. The van der Waals surface area contributed by atoms with Crippen LogP contribution in [0.4, 0.5) is 0 Å². The van der Waals surface area contributed by atoms with Crippen LogP contribution in [0.3, 0.4) is 0 Å². The second-order valence-electron chi connectivity index (χ2n) is 4.17. The van der Waals surface area contributed by atoms with Gasteiger partial charge in [-0.3, -0.25) is 4.79 Å². The van der Waals surface area contributed by atoms with Crippen LogP contribution in [-0.2, 0) is 4.74 Å². The van der Waals surface area contributed by atoms with E-state index in [4.69, 9.17) is 34.3 Å². The normalized spacial score (nSPS) is 10.3. The molecule has 0 fully saturated rings. The number of halogens is 1. The average Bonchev–Trinajstić information content (AvgIpc) is 2.40. The number of aromatic hydroxyl groups is 1. The minimum absolute atomic E-state index is 0.0150. The molecule has 0 unspecified atom stereocenters. The van der Waals surface area contributed by atoms with Crippen molar-refractivity contribution >= 4 is 34.7 Å². The third kappa shape index (κ3) is 4.96. The lowest BCUT2D eigenvalue weighted by atomic mass is 10.1. The van der Waals surface area contributed by atoms with Crippen LogP contribution in [0.5, 0.6) is 5.75 Å². The van der Waals surface area contributed by atoms with Gasteiger partial charge in [0.25, 0.3) is 5.91 Å². The van der Waals surface area contributed by atoms with Gasteiger partial charge in [0.2, 0.25) is 0 Å². The Kier molecular flexibility index (Phi) is 6.70. The number of ether oxygens (including phenoxy) is 1. The number of benzene rings is 1. The smallest absolute Gasteiger partial charge is 0.255 e. The summed E-state index contributed by atoms with van der Waals surface area (Å²) in [7, 11) is 1.55. The largest absolute Gasteiger partial charge is 0.508 e. The van der Waals surface area contributed by atoms with Crippen molar-refractivity contribution in [2.24, 2.45) is 5.73 Å². The lowest BCUT2D eigenvalue weighted by molar-refractivity contribution is 0.0701. The topological polar surface area (TPSA) is 75.8 Å². The lowest BCUT2D eigenvalue weighted by Crippen LogP contribution is -2.36. The molecule has 1 aromatic rings. The highest BCUT2D eigenvalue weighted by atomic mass is 35.5. The fourth-order valence-electron chi connectivity index (χ4n) is 1.61. The highest BCUT2D eigenvalue weighted by Crippen LogP contribution is 2.22. The molecule has 1 amide bonds. The summed E-state index contributed by atoms with van der Waals surface area (Å²) in [5.74, 6) is -0.307. The van der Waals surface area contributed by atoms with E-state index in [9.17, 15) is 9.90 Å². The first kappa shape index (κ1) is 16.7. The van der Waals surface area contributed by atoms with Gasteiger partial charge in [0.05, 0.1) is 22.2 Å². The third-order valence-corrected chi connectivity index (χ3v) is 3.19. The Labute approximate surface area is 128 Å². The monoisotopic (exact) mass is 316 g/mol. The van der Waals surface area contributed by atoms with E-state index in [1.165, 1.54) is 18.2 Å². The Bertz CT molecular complexity index is 497. The Morgan fingerprint density at radius 3 is 2.80 bits per heavy atom. The van der Waals surface area contributed by atoms with Crippen LogP contribution in [0.25, 0.3) is 0 Å². The van der Waals surface area contributed by atoms with Gasteiger partial charge in [-0.1, -0.05) is 23.8 Å². The van der Waals surface area contributed by atoms with E-state index >= 15 is 0 Å². The number of thiocarbonyl (C=S) groups is 1. The van der Waals surface area contributed by atoms with Gasteiger partial charge in [-0.2, -0.15) is 0 Å². The first-order valence-electron chi connectivity index (χ1n) is 6.00. The Morgan fingerprint density at radius 1 is 1.50 bits per heavy atom. The van der Waals surface area contributed by atoms with E-state index in [2.05, 4.69) is 0 Å². The van der Waals surface area contributed by atoms with Gasteiger partial charge in [0.15, 0.2) is 0 Å². The van der Waals surface area contributed by atoms with Gasteiger partial charge in [-0.25, -0.2) is 0 Å². The Balaban J connectivity index is 2.90. The number of amides is 1. The maximum atomic E-state index is 12.4. The number of carbonyl (C=O) groups excluding carboxylic acids is 1. The second-order valence-corrected chi connectivity index (χ2v) is 5.10. The lowest BCUT2D eigenvalue weighted by Gasteiger charge is -2.22. The Hall–Kier alpha value is -1.37. The number of hydrogen-bond acceptors (Lipinski definition) is 4. The fourth-order valence-corrected chi connectivity index (χ4v) is 1.90. The van der Waals surface area contributed by atoms with Crippen LogP contribution >= 0.6 is 23.8 Å². The van der Waals surface area contributed by atoms with Gasteiger partial charge in [0.1, 0.15) is 5.75 Å². The molecule has 0 saturated carbocycles. The number of hydrogen-bond donors (Lipinski definition) is 2. The van der Waals surface area contributed by atoms with Crippen molar-refractivity contribution in [2.75, 3.05) is 26.8 Å². The van der Waals surface area contributed by atoms with Crippen molar-refractivity contribution in [3.63, 3.8) is 0 Å². The molecule has 0 aliphatic rings. The average molecular weight is 317 g/mol. The van der Waals surface area contributed by atoms with E-state index in [1.54, 1.807) is 12.0 Å². The van der Waals surface area contributed by atoms with E-state index in [0.29, 0.717) is 31.1 Å². The molecule has 0 heterocycles.